The van der Waals surface area contributed by atoms with Crippen molar-refractivity contribution in [1.29, 1.82) is 0 Å². The normalized spacial score (nSPS) is 27.1. The van der Waals surface area contributed by atoms with Gasteiger partial charge in [0, 0.05) is 5.69 Å². The summed E-state index contributed by atoms with van der Waals surface area (Å²) in [4.78, 5) is 24.6. The van der Waals surface area contributed by atoms with Crippen LogP contribution in [0.15, 0.2) is 36.4 Å². The number of carbonyl (C=O) groups is 2. The van der Waals surface area contributed by atoms with E-state index in [0.717, 1.165) is 24.8 Å². The molecule has 3 rings (SSSR count). The van der Waals surface area contributed by atoms with Gasteiger partial charge in [-0.1, -0.05) is 26.0 Å². The molecule has 0 heterocycles. The summed E-state index contributed by atoms with van der Waals surface area (Å²) in [5.41, 5.74) is 1.84. The number of hydrogen-bond donors (Lipinski definition) is 1. The molecule has 2 aliphatic rings. The second-order valence-electron chi connectivity index (χ2n) is 7.47. The smallest absolute Gasteiger partial charge is 0.338 e. The van der Waals surface area contributed by atoms with E-state index in [0.29, 0.717) is 23.8 Å². The number of amides is 1. The van der Waals surface area contributed by atoms with Gasteiger partial charge in [0.1, 0.15) is 0 Å². The van der Waals surface area contributed by atoms with Crippen LogP contribution >= 0.6 is 0 Å². The first-order valence-electron chi connectivity index (χ1n) is 8.60. The summed E-state index contributed by atoms with van der Waals surface area (Å²) in [5.74, 6) is 0.227. The Labute approximate surface area is 143 Å². The molecule has 2 aliphatic carbocycles. The van der Waals surface area contributed by atoms with E-state index in [-0.39, 0.29) is 17.3 Å². The first-order chi connectivity index (χ1) is 11.3. The molecular formula is C20H25NO3. The lowest BCUT2D eigenvalue weighted by molar-refractivity contribution is -0.123. The van der Waals surface area contributed by atoms with Crippen LogP contribution in [0, 0.1) is 16.7 Å². The Morgan fingerprint density at radius 3 is 2.50 bits per heavy atom. The van der Waals surface area contributed by atoms with E-state index in [1.807, 2.05) is 0 Å². The highest BCUT2D eigenvalue weighted by molar-refractivity contribution is 5.99. The van der Waals surface area contributed by atoms with Gasteiger partial charge in [-0.2, -0.15) is 0 Å². The van der Waals surface area contributed by atoms with Gasteiger partial charge in [0.25, 0.3) is 0 Å². The Morgan fingerprint density at radius 2 is 1.96 bits per heavy atom. The Morgan fingerprint density at radius 1 is 1.29 bits per heavy atom. The molecule has 2 fully saturated rings. The maximum absolute atomic E-state index is 13.0. The molecule has 0 aliphatic heterocycles. The topological polar surface area (TPSA) is 55.4 Å². The second kappa shape index (κ2) is 5.76. The predicted octanol–water partition coefficient (Wildman–Crippen LogP) is 4.18. The average Bonchev–Trinajstić information content (AvgIpc) is 3.08. The van der Waals surface area contributed by atoms with Crippen LogP contribution in [0.1, 0.15) is 50.4 Å². The third-order valence-electron chi connectivity index (χ3n) is 5.98. The summed E-state index contributed by atoms with van der Waals surface area (Å²) in [5, 5.41) is 3.02. The number of esters is 1. The van der Waals surface area contributed by atoms with Gasteiger partial charge in [0.15, 0.2) is 0 Å². The van der Waals surface area contributed by atoms with Crippen LogP contribution in [0.4, 0.5) is 5.69 Å². The minimum atomic E-state index is -0.437. The van der Waals surface area contributed by atoms with Gasteiger partial charge >= 0.3 is 5.97 Å². The fourth-order valence-corrected chi connectivity index (χ4v) is 4.30. The van der Waals surface area contributed by atoms with Crippen LogP contribution in [-0.2, 0) is 9.53 Å². The molecule has 4 heteroatoms. The number of rotatable bonds is 4. The Bertz CT molecular complexity index is 689. The summed E-state index contributed by atoms with van der Waals surface area (Å²) >= 11 is 0. The monoisotopic (exact) mass is 327 g/mol. The third kappa shape index (κ3) is 2.45. The molecule has 0 unspecified atom stereocenters. The molecule has 2 atom stereocenters. The van der Waals surface area contributed by atoms with Crippen molar-refractivity contribution in [1.82, 2.24) is 0 Å². The predicted molar refractivity (Wildman–Crippen MR) is 93.7 cm³/mol. The molecule has 0 saturated heterocycles. The van der Waals surface area contributed by atoms with E-state index in [1.54, 1.807) is 31.2 Å². The zero-order chi connectivity index (χ0) is 17.5. The molecule has 128 valence electrons. The highest BCUT2D eigenvalue weighted by Gasteiger charge is 2.60. The molecule has 24 heavy (non-hydrogen) atoms. The minimum Gasteiger partial charge on any atom is -0.462 e. The fourth-order valence-electron chi connectivity index (χ4n) is 4.30. The van der Waals surface area contributed by atoms with Crippen LogP contribution < -0.4 is 5.32 Å². The van der Waals surface area contributed by atoms with Crippen LogP contribution in [-0.4, -0.2) is 18.5 Å². The van der Waals surface area contributed by atoms with Crippen molar-refractivity contribution in [3.63, 3.8) is 0 Å². The molecule has 2 saturated carbocycles. The van der Waals surface area contributed by atoms with Crippen LogP contribution in [0.5, 0.6) is 0 Å². The van der Waals surface area contributed by atoms with Crippen molar-refractivity contribution in [3.05, 3.63) is 42.0 Å². The molecule has 2 bridgehead atoms. The number of anilines is 1. The Balaban J connectivity index is 1.74. The van der Waals surface area contributed by atoms with E-state index in [2.05, 4.69) is 25.7 Å². The molecule has 0 aromatic heterocycles. The molecule has 4 nitrogen and oxygen atoms in total. The van der Waals surface area contributed by atoms with Gasteiger partial charge in [-0.3, -0.25) is 4.79 Å². The van der Waals surface area contributed by atoms with Crippen LogP contribution in [0.2, 0.25) is 0 Å². The molecule has 0 radical (unpaired) electrons. The van der Waals surface area contributed by atoms with Crippen molar-refractivity contribution in [2.75, 3.05) is 11.9 Å². The van der Waals surface area contributed by atoms with Gasteiger partial charge in [-0.25, -0.2) is 4.79 Å². The highest BCUT2D eigenvalue weighted by atomic mass is 16.5. The van der Waals surface area contributed by atoms with E-state index in [1.165, 1.54) is 0 Å². The maximum atomic E-state index is 13.0. The van der Waals surface area contributed by atoms with Gasteiger partial charge in [-0.05, 0) is 61.8 Å². The largest absolute Gasteiger partial charge is 0.462 e. The quantitative estimate of drug-likeness (QED) is 0.666. The maximum Gasteiger partial charge on any atom is 0.338 e. The highest BCUT2D eigenvalue weighted by Crippen LogP contribution is 2.65. The van der Waals surface area contributed by atoms with Gasteiger partial charge < -0.3 is 10.1 Å². The third-order valence-corrected chi connectivity index (χ3v) is 5.98. The average molecular weight is 327 g/mol. The lowest BCUT2D eigenvalue weighted by Crippen LogP contribution is -2.37. The van der Waals surface area contributed by atoms with Crippen LogP contribution in [0.25, 0.3) is 0 Å². The van der Waals surface area contributed by atoms with Gasteiger partial charge in [0.05, 0.1) is 17.6 Å². The number of nitrogens with one attached hydrogen (secondary N) is 1. The fraction of sp³-hybridized carbons (Fsp3) is 0.500. The SMILES string of the molecule is C=C1C(C)(C)[C@H]2CC[C@@]1(C(=O)Nc1ccc(C(=O)OCC)cc1)C2. The molecule has 1 N–H and O–H groups in total. The number of fused-ring (bicyclic) bond motifs is 2. The summed E-state index contributed by atoms with van der Waals surface area (Å²) in [6.45, 7) is 10.8. The number of carbonyl (C=O) groups excluding carboxylic acids is 2. The minimum absolute atomic E-state index is 0.0311. The van der Waals surface area contributed by atoms with Crippen molar-refractivity contribution in [2.45, 2.75) is 40.0 Å². The van der Waals surface area contributed by atoms with Crippen LogP contribution in [0.3, 0.4) is 0 Å². The number of hydrogen-bond acceptors (Lipinski definition) is 3. The summed E-state index contributed by atoms with van der Waals surface area (Å²) in [6, 6.07) is 6.85. The standard InChI is InChI=1S/C20H25NO3/c1-5-24-17(22)14-6-8-16(9-7-14)21-18(23)20-11-10-15(12-20)19(3,4)13(20)2/h6-9,15H,2,5,10-12H2,1,3-4H3,(H,21,23)/t15-,20+/m0/s1. The molecule has 1 aromatic carbocycles. The number of benzene rings is 1. The van der Waals surface area contributed by atoms with E-state index in [4.69, 9.17) is 4.74 Å². The summed E-state index contributed by atoms with van der Waals surface area (Å²) < 4.78 is 4.97. The summed E-state index contributed by atoms with van der Waals surface area (Å²) in [6.07, 6.45) is 2.86. The molecular weight excluding hydrogens is 302 g/mol. The van der Waals surface area contributed by atoms with E-state index < -0.39 is 5.41 Å². The molecule has 1 aromatic rings. The van der Waals surface area contributed by atoms with Crippen molar-refractivity contribution < 1.29 is 14.3 Å². The lowest BCUT2D eigenvalue weighted by atomic mass is 9.68. The first-order valence-corrected chi connectivity index (χ1v) is 8.60. The first kappa shape index (κ1) is 16.7. The van der Waals surface area contributed by atoms with Crippen molar-refractivity contribution in [2.24, 2.45) is 16.7 Å². The second-order valence-corrected chi connectivity index (χ2v) is 7.47. The van der Waals surface area contributed by atoms with Gasteiger partial charge in [-0.15, -0.1) is 0 Å². The van der Waals surface area contributed by atoms with Crippen molar-refractivity contribution >= 4 is 17.6 Å². The van der Waals surface area contributed by atoms with E-state index in [9.17, 15) is 9.59 Å². The zero-order valence-corrected chi connectivity index (χ0v) is 14.6. The number of ether oxygens (including phenoxy) is 1. The van der Waals surface area contributed by atoms with E-state index >= 15 is 0 Å². The molecule has 1 amide bonds. The van der Waals surface area contributed by atoms with Crippen molar-refractivity contribution in [3.8, 4) is 0 Å². The summed E-state index contributed by atoms with van der Waals surface area (Å²) in [7, 11) is 0. The lowest BCUT2D eigenvalue weighted by Gasteiger charge is -2.37. The van der Waals surface area contributed by atoms with Gasteiger partial charge in [0.2, 0.25) is 5.91 Å². The Kier molecular flexibility index (Phi) is 4.02. The zero-order valence-electron chi connectivity index (χ0n) is 14.6. The molecule has 0 spiro atoms. The Hall–Kier alpha value is -2.10.